The van der Waals surface area contributed by atoms with Crippen molar-refractivity contribution in [1.29, 1.82) is 0 Å². The maximum absolute atomic E-state index is 13.9. The molecule has 13 heteroatoms. The van der Waals surface area contributed by atoms with Crippen molar-refractivity contribution >= 4 is 35.6 Å². The number of carbonyl (C=O) groups excluding carboxylic acids is 6. The van der Waals surface area contributed by atoms with E-state index in [-0.39, 0.29) is 44.7 Å². The number of Topliss-reactive ketones (excluding diaryl/α,β-unsaturated/α-hetero) is 1. The molecular weight excluding hydrogens is 783 g/mol. The van der Waals surface area contributed by atoms with Crippen molar-refractivity contribution in [2.24, 2.45) is 17.3 Å². The normalized spacial score (nSPS) is 13.2. The maximum atomic E-state index is 13.9. The predicted octanol–water partition coefficient (Wildman–Crippen LogP) is 9.53. The van der Waals surface area contributed by atoms with Gasteiger partial charge in [0.2, 0.25) is 0 Å². The van der Waals surface area contributed by atoms with Crippen molar-refractivity contribution in [3.05, 3.63) is 0 Å². The summed E-state index contributed by atoms with van der Waals surface area (Å²) in [4.78, 5) is 82.7. The molecule has 0 radical (unpaired) electrons. The second-order valence-electron chi connectivity index (χ2n) is 17.0. The molecular formula is C48H87NO12. The van der Waals surface area contributed by atoms with Crippen LogP contribution in [0, 0.1) is 17.3 Å². The van der Waals surface area contributed by atoms with Gasteiger partial charge in [0.25, 0.3) is 0 Å². The first kappa shape index (κ1) is 57.9. The Kier molecular flexibility index (Phi) is 36.7. The van der Waals surface area contributed by atoms with Crippen LogP contribution in [0.4, 0.5) is 0 Å². The lowest BCUT2D eigenvalue weighted by molar-refractivity contribution is -0.175. The molecule has 0 aromatic rings. The van der Waals surface area contributed by atoms with Gasteiger partial charge in [0.1, 0.15) is 44.4 Å². The summed E-state index contributed by atoms with van der Waals surface area (Å²) >= 11 is 0. The number of hydrogen-bond donors (Lipinski definition) is 0. The molecule has 0 saturated heterocycles. The zero-order chi connectivity index (χ0) is 45.6. The zero-order valence-corrected chi connectivity index (χ0v) is 39.6. The van der Waals surface area contributed by atoms with Gasteiger partial charge in [0.05, 0.1) is 6.61 Å². The van der Waals surface area contributed by atoms with E-state index >= 15 is 0 Å². The molecule has 61 heavy (non-hydrogen) atoms. The van der Waals surface area contributed by atoms with Crippen LogP contribution in [0.3, 0.4) is 0 Å². The zero-order valence-electron chi connectivity index (χ0n) is 39.6. The lowest BCUT2D eigenvalue weighted by Gasteiger charge is -2.32. The number of nitrogens with zero attached hydrogens (tertiary/aromatic N) is 1. The van der Waals surface area contributed by atoms with E-state index in [9.17, 15) is 28.8 Å². The van der Waals surface area contributed by atoms with E-state index in [0.717, 1.165) is 96.3 Å². The monoisotopic (exact) mass is 870 g/mol. The van der Waals surface area contributed by atoms with Gasteiger partial charge < -0.3 is 33.3 Å². The second-order valence-corrected chi connectivity index (χ2v) is 17.0. The fraction of sp³-hybridized carbons (Fsp3) is 0.875. The number of unbranched alkanes of at least 4 members (excludes halogenated alkanes) is 14. The van der Waals surface area contributed by atoms with Gasteiger partial charge in [-0.1, -0.05) is 137 Å². The fourth-order valence-corrected chi connectivity index (χ4v) is 6.57. The highest BCUT2D eigenvalue weighted by molar-refractivity contribution is 5.99. The average Bonchev–Trinajstić information content (AvgIpc) is 3.24. The van der Waals surface area contributed by atoms with Crippen molar-refractivity contribution in [2.75, 3.05) is 66.9 Å². The number of esters is 5. The fourth-order valence-electron chi connectivity index (χ4n) is 6.57. The number of carbonyl (C=O) groups is 6. The van der Waals surface area contributed by atoms with E-state index in [2.05, 4.69) is 34.6 Å². The van der Waals surface area contributed by atoms with E-state index in [1.807, 2.05) is 19.0 Å². The number of rotatable bonds is 42. The smallest absolute Gasteiger partial charge is 0.320 e. The molecule has 0 aliphatic carbocycles. The van der Waals surface area contributed by atoms with Gasteiger partial charge in [-0.05, 0) is 59.2 Å². The van der Waals surface area contributed by atoms with Crippen LogP contribution < -0.4 is 0 Å². The standard InChI is InChI=1S/C48H87NO12/c1-8-13-18-22-28-40(42(50)35-56-33-25-17-12-5)45(53)60-38-48(36-58-43(51)30-24-20-15-10-3,37-59-44(52)31-27-32-49(6)7)39-61-47(55)41(29-23-19-14-9-2)46(54)57-34-26-21-16-11-4/h40-41H,8-39H2,1-7H3. The van der Waals surface area contributed by atoms with Crippen LogP contribution in [0.25, 0.3) is 0 Å². The summed E-state index contributed by atoms with van der Waals surface area (Å²) in [5.41, 5.74) is -1.55. The lowest BCUT2D eigenvalue weighted by atomic mass is 9.91. The second kappa shape index (κ2) is 38.6. The van der Waals surface area contributed by atoms with Gasteiger partial charge in [0.15, 0.2) is 11.7 Å². The number of ketones is 1. The summed E-state index contributed by atoms with van der Waals surface area (Å²) in [7, 11) is 3.80. The van der Waals surface area contributed by atoms with E-state index in [0.29, 0.717) is 45.3 Å². The highest BCUT2D eigenvalue weighted by atomic mass is 16.6. The first-order chi connectivity index (χ1) is 29.4. The summed E-state index contributed by atoms with van der Waals surface area (Å²) in [6.07, 6.45) is 17.8. The third kappa shape index (κ3) is 30.6. The van der Waals surface area contributed by atoms with Crippen molar-refractivity contribution in [3.63, 3.8) is 0 Å². The average molecular weight is 870 g/mol. The largest absolute Gasteiger partial charge is 0.465 e. The highest BCUT2D eigenvalue weighted by Gasteiger charge is 2.41. The Labute approximate surface area is 369 Å². The van der Waals surface area contributed by atoms with Crippen molar-refractivity contribution in [3.8, 4) is 0 Å². The van der Waals surface area contributed by atoms with E-state index < -0.39 is 73.5 Å². The molecule has 0 N–H and O–H groups in total. The van der Waals surface area contributed by atoms with E-state index in [1.54, 1.807) is 0 Å². The summed E-state index contributed by atoms with van der Waals surface area (Å²) in [6, 6.07) is 0. The molecule has 0 saturated carbocycles. The Bertz CT molecular complexity index is 1120. The number of hydrogen-bond acceptors (Lipinski definition) is 13. The van der Waals surface area contributed by atoms with Crippen LogP contribution >= 0.6 is 0 Å². The summed E-state index contributed by atoms with van der Waals surface area (Å²) < 4.78 is 34.5. The molecule has 0 heterocycles. The maximum Gasteiger partial charge on any atom is 0.320 e. The third-order valence-electron chi connectivity index (χ3n) is 10.7. The van der Waals surface area contributed by atoms with E-state index in [4.69, 9.17) is 28.4 Å². The van der Waals surface area contributed by atoms with Crippen LogP contribution in [0.15, 0.2) is 0 Å². The number of ether oxygens (including phenoxy) is 6. The van der Waals surface area contributed by atoms with Crippen molar-refractivity contribution in [2.45, 2.75) is 189 Å². The Morgan fingerprint density at radius 2 is 0.852 bits per heavy atom. The first-order valence-electron chi connectivity index (χ1n) is 24.0. The van der Waals surface area contributed by atoms with Crippen LogP contribution in [0.5, 0.6) is 0 Å². The Hall–Kier alpha value is -3.06. The minimum atomic E-state index is -1.55. The molecule has 0 aromatic heterocycles. The van der Waals surface area contributed by atoms with Gasteiger partial charge in [-0.15, -0.1) is 0 Å². The van der Waals surface area contributed by atoms with Crippen molar-refractivity contribution in [1.82, 2.24) is 4.90 Å². The van der Waals surface area contributed by atoms with Gasteiger partial charge >= 0.3 is 29.8 Å². The molecule has 0 aliphatic heterocycles. The molecule has 0 aromatic carbocycles. The van der Waals surface area contributed by atoms with Crippen LogP contribution in [-0.4, -0.2) is 107 Å². The lowest BCUT2D eigenvalue weighted by Crippen LogP contribution is -2.45. The third-order valence-corrected chi connectivity index (χ3v) is 10.7. The van der Waals surface area contributed by atoms with Crippen LogP contribution in [0.1, 0.15) is 189 Å². The van der Waals surface area contributed by atoms with Gasteiger partial charge in [0, 0.05) is 19.4 Å². The SMILES string of the molecule is CCCCCCOC(=O)C(CCCCCC)C(=O)OCC(COC(=O)CCCCCC)(COC(=O)CCCN(C)C)COC(=O)C(CCCCCC)C(=O)COCCCCC. The Morgan fingerprint density at radius 1 is 0.443 bits per heavy atom. The summed E-state index contributed by atoms with van der Waals surface area (Å²) in [5.74, 6) is -5.98. The molecule has 0 rings (SSSR count). The minimum absolute atomic E-state index is 0.0988. The molecule has 0 fully saturated rings. The molecule has 0 aliphatic rings. The minimum Gasteiger partial charge on any atom is -0.465 e. The van der Waals surface area contributed by atoms with Gasteiger partial charge in [-0.25, -0.2) is 0 Å². The highest BCUT2D eigenvalue weighted by Crippen LogP contribution is 2.26. The van der Waals surface area contributed by atoms with Crippen LogP contribution in [-0.2, 0) is 57.2 Å². The van der Waals surface area contributed by atoms with Gasteiger partial charge in [-0.3, -0.25) is 28.8 Å². The summed E-state index contributed by atoms with van der Waals surface area (Å²) in [5, 5.41) is 0. The summed E-state index contributed by atoms with van der Waals surface area (Å²) in [6.45, 7) is 9.58. The molecule has 3 unspecified atom stereocenters. The predicted molar refractivity (Wildman–Crippen MR) is 238 cm³/mol. The van der Waals surface area contributed by atoms with Crippen LogP contribution in [0.2, 0.25) is 0 Å². The molecule has 13 nitrogen and oxygen atoms in total. The molecule has 0 amide bonds. The van der Waals surface area contributed by atoms with E-state index in [1.165, 1.54) is 0 Å². The molecule has 356 valence electrons. The topological polar surface area (TPSA) is 161 Å². The Balaban J connectivity index is 6.66. The molecule has 0 spiro atoms. The molecule has 3 atom stereocenters. The molecule has 0 bridgehead atoms. The van der Waals surface area contributed by atoms with Crippen molar-refractivity contribution < 1.29 is 57.2 Å². The quantitative estimate of drug-likeness (QED) is 0.0247. The Morgan fingerprint density at radius 3 is 1.38 bits per heavy atom. The first-order valence-corrected chi connectivity index (χ1v) is 24.0. The van der Waals surface area contributed by atoms with Gasteiger partial charge in [-0.2, -0.15) is 0 Å².